The summed E-state index contributed by atoms with van der Waals surface area (Å²) < 4.78 is 5.82. The Morgan fingerprint density at radius 2 is 1.67 bits per heavy atom. The summed E-state index contributed by atoms with van der Waals surface area (Å²) in [6.45, 7) is 1.05. The molecular formula is C24H23N3O3. The molecule has 1 saturated carbocycles. The average molecular weight is 401 g/mol. The molecule has 1 aliphatic rings. The molecule has 0 radical (unpaired) electrons. The monoisotopic (exact) mass is 401 g/mol. The molecule has 3 aromatic rings. The summed E-state index contributed by atoms with van der Waals surface area (Å²) in [5.41, 5.74) is 2.70. The van der Waals surface area contributed by atoms with Gasteiger partial charge in [-0.25, -0.2) is 0 Å². The summed E-state index contributed by atoms with van der Waals surface area (Å²) in [6.07, 6.45) is 5.56. The first-order valence-corrected chi connectivity index (χ1v) is 9.99. The van der Waals surface area contributed by atoms with E-state index in [4.69, 9.17) is 4.74 Å². The average Bonchev–Trinajstić information content (AvgIpc) is 3.62. The maximum absolute atomic E-state index is 12.6. The summed E-state index contributed by atoms with van der Waals surface area (Å²) in [4.78, 5) is 28.7. The number of hydrogen-bond donors (Lipinski definition) is 2. The van der Waals surface area contributed by atoms with Crippen LogP contribution in [0.25, 0.3) is 0 Å². The molecule has 1 heterocycles. The highest BCUT2D eigenvalue weighted by Crippen LogP contribution is 2.30. The van der Waals surface area contributed by atoms with Crippen molar-refractivity contribution in [2.75, 3.05) is 11.9 Å². The van der Waals surface area contributed by atoms with E-state index in [0.717, 1.165) is 5.56 Å². The lowest BCUT2D eigenvalue weighted by atomic mass is 10.1. The van der Waals surface area contributed by atoms with E-state index in [9.17, 15) is 9.59 Å². The first-order valence-electron chi connectivity index (χ1n) is 9.99. The number of pyridine rings is 1. The van der Waals surface area contributed by atoms with Crippen LogP contribution in [0.15, 0.2) is 73.1 Å². The Hall–Kier alpha value is -3.67. The lowest BCUT2D eigenvalue weighted by molar-refractivity contribution is 0.0945. The van der Waals surface area contributed by atoms with Crippen LogP contribution in [0.3, 0.4) is 0 Å². The van der Waals surface area contributed by atoms with Crippen LogP contribution in [-0.4, -0.2) is 23.4 Å². The molecule has 6 heteroatoms. The van der Waals surface area contributed by atoms with E-state index < -0.39 is 0 Å². The predicted molar refractivity (Wildman–Crippen MR) is 114 cm³/mol. The van der Waals surface area contributed by atoms with Crippen molar-refractivity contribution >= 4 is 17.5 Å². The third kappa shape index (κ3) is 5.23. The third-order valence-electron chi connectivity index (χ3n) is 4.91. The molecule has 0 saturated heterocycles. The minimum atomic E-state index is -0.193. The Bertz CT molecular complexity index is 1020. The fourth-order valence-electron chi connectivity index (χ4n) is 2.96. The second-order valence-electron chi connectivity index (χ2n) is 7.32. The Kier molecular flexibility index (Phi) is 6.03. The Morgan fingerprint density at radius 1 is 0.933 bits per heavy atom. The fraction of sp³-hybridized carbons (Fsp3) is 0.208. The number of carbonyl (C=O) groups is 2. The first kappa shape index (κ1) is 19.6. The van der Waals surface area contributed by atoms with E-state index in [-0.39, 0.29) is 11.8 Å². The summed E-state index contributed by atoms with van der Waals surface area (Å²) in [7, 11) is 0. The highest BCUT2D eigenvalue weighted by atomic mass is 16.5. The summed E-state index contributed by atoms with van der Waals surface area (Å²) in [6, 6.07) is 18.0. The van der Waals surface area contributed by atoms with Crippen molar-refractivity contribution in [1.29, 1.82) is 0 Å². The van der Waals surface area contributed by atoms with E-state index >= 15 is 0 Å². The van der Waals surface area contributed by atoms with Gasteiger partial charge in [0.15, 0.2) is 0 Å². The molecule has 30 heavy (non-hydrogen) atoms. The first-order chi connectivity index (χ1) is 14.7. The van der Waals surface area contributed by atoms with Crippen LogP contribution >= 0.6 is 0 Å². The highest BCUT2D eigenvalue weighted by Gasteiger charge is 2.23. The lowest BCUT2D eigenvalue weighted by Crippen LogP contribution is -2.23. The molecule has 6 nitrogen and oxygen atoms in total. The van der Waals surface area contributed by atoms with Gasteiger partial charge in [0, 0.05) is 30.2 Å². The van der Waals surface area contributed by atoms with E-state index in [1.807, 2.05) is 42.5 Å². The van der Waals surface area contributed by atoms with E-state index in [2.05, 4.69) is 15.6 Å². The maximum Gasteiger partial charge on any atom is 0.255 e. The highest BCUT2D eigenvalue weighted by molar-refractivity contribution is 6.04. The molecule has 0 aliphatic heterocycles. The second-order valence-corrected chi connectivity index (χ2v) is 7.32. The van der Waals surface area contributed by atoms with Gasteiger partial charge in [0.25, 0.3) is 11.8 Å². The normalized spacial score (nSPS) is 12.8. The number of nitrogens with zero attached hydrogens (tertiary/aromatic N) is 1. The van der Waals surface area contributed by atoms with Crippen molar-refractivity contribution in [3.63, 3.8) is 0 Å². The molecule has 0 spiro atoms. The zero-order chi connectivity index (χ0) is 20.8. The van der Waals surface area contributed by atoms with E-state index in [1.54, 1.807) is 30.6 Å². The molecule has 2 aromatic carbocycles. The number of benzene rings is 2. The topological polar surface area (TPSA) is 80.3 Å². The molecule has 0 unspecified atom stereocenters. The number of rotatable bonds is 8. The largest absolute Gasteiger partial charge is 0.492 e. The molecule has 2 amide bonds. The van der Waals surface area contributed by atoms with Gasteiger partial charge in [0.2, 0.25) is 0 Å². The molecule has 0 atom stereocenters. The van der Waals surface area contributed by atoms with Gasteiger partial charge in [0.1, 0.15) is 5.75 Å². The smallest absolute Gasteiger partial charge is 0.255 e. The van der Waals surface area contributed by atoms with Crippen molar-refractivity contribution in [1.82, 2.24) is 10.3 Å². The number of aromatic nitrogens is 1. The SMILES string of the molecule is O=C(Nc1ccc(CNC(=O)c2ccccc2OCC2CC2)cc1)c1ccncc1. The number of carbonyl (C=O) groups excluding carboxylic acids is 2. The lowest BCUT2D eigenvalue weighted by Gasteiger charge is -2.12. The second kappa shape index (κ2) is 9.22. The molecule has 1 aromatic heterocycles. The standard InChI is InChI=1S/C24H23N3O3/c28-23(19-11-13-25-14-12-19)27-20-9-7-17(8-10-20)15-26-24(29)21-3-1-2-4-22(21)30-16-18-5-6-18/h1-4,7-14,18H,5-6,15-16H2,(H,26,29)(H,27,28). The fourth-order valence-corrected chi connectivity index (χ4v) is 2.96. The number of amides is 2. The number of anilines is 1. The third-order valence-corrected chi connectivity index (χ3v) is 4.91. The van der Waals surface area contributed by atoms with E-state index in [0.29, 0.717) is 41.6 Å². The van der Waals surface area contributed by atoms with Crippen molar-refractivity contribution in [2.45, 2.75) is 19.4 Å². The van der Waals surface area contributed by atoms with Crippen LogP contribution in [0.5, 0.6) is 5.75 Å². The van der Waals surface area contributed by atoms with Crippen LogP contribution in [0.1, 0.15) is 39.1 Å². The van der Waals surface area contributed by atoms with Crippen LogP contribution in [0.4, 0.5) is 5.69 Å². The van der Waals surface area contributed by atoms with Gasteiger partial charge >= 0.3 is 0 Å². The molecule has 4 rings (SSSR count). The molecule has 1 aliphatic carbocycles. The van der Waals surface area contributed by atoms with Gasteiger partial charge in [-0.3, -0.25) is 14.6 Å². The molecular weight excluding hydrogens is 378 g/mol. The number of hydrogen-bond acceptors (Lipinski definition) is 4. The Balaban J connectivity index is 1.32. The molecule has 1 fully saturated rings. The minimum Gasteiger partial charge on any atom is -0.492 e. The molecule has 0 bridgehead atoms. The van der Waals surface area contributed by atoms with Crippen LogP contribution in [0, 0.1) is 5.92 Å². The van der Waals surface area contributed by atoms with Gasteiger partial charge < -0.3 is 15.4 Å². The van der Waals surface area contributed by atoms with Gasteiger partial charge in [-0.2, -0.15) is 0 Å². The quantitative estimate of drug-likeness (QED) is 0.597. The number of para-hydroxylation sites is 1. The zero-order valence-corrected chi connectivity index (χ0v) is 16.5. The Labute approximate surface area is 175 Å². The summed E-state index contributed by atoms with van der Waals surface area (Å²) in [5.74, 6) is 0.882. The van der Waals surface area contributed by atoms with Gasteiger partial charge in [-0.15, -0.1) is 0 Å². The number of nitrogens with one attached hydrogen (secondary N) is 2. The number of ether oxygens (including phenoxy) is 1. The van der Waals surface area contributed by atoms with E-state index in [1.165, 1.54) is 12.8 Å². The minimum absolute atomic E-state index is 0.170. The van der Waals surface area contributed by atoms with Crippen LogP contribution in [0.2, 0.25) is 0 Å². The van der Waals surface area contributed by atoms with Crippen LogP contribution < -0.4 is 15.4 Å². The van der Waals surface area contributed by atoms with Gasteiger partial charge in [-0.05, 0) is 60.7 Å². The van der Waals surface area contributed by atoms with Crippen LogP contribution in [-0.2, 0) is 6.54 Å². The van der Waals surface area contributed by atoms with Gasteiger partial charge in [-0.1, -0.05) is 24.3 Å². The summed E-state index contributed by atoms with van der Waals surface area (Å²) in [5, 5.41) is 5.77. The predicted octanol–water partition coefficient (Wildman–Crippen LogP) is 4.05. The Morgan fingerprint density at radius 3 is 2.40 bits per heavy atom. The molecule has 152 valence electrons. The zero-order valence-electron chi connectivity index (χ0n) is 16.5. The maximum atomic E-state index is 12.6. The summed E-state index contributed by atoms with van der Waals surface area (Å²) >= 11 is 0. The van der Waals surface area contributed by atoms with Gasteiger partial charge in [0.05, 0.1) is 12.2 Å². The van der Waals surface area contributed by atoms with Crippen molar-refractivity contribution in [2.24, 2.45) is 5.92 Å². The van der Waals surface area contributed by atoms with Crippen molar-refractivity contribution in [3.8, 4) is 5.75 Å². The molecule has 2 N–H and O–H groups in total. The van der Waals surface area contributed by atoms with Crippen molar-refractivity contribution < 1.29 is 14.3 Å². The van der Waals surface area contributed by atoms with Crippen molar-refractivity contribution in [3.05, 3.63) is 89.7 Å².